The van der Waals surface area contributed by atoms with Crippen molar-refractivity contribution < 1.29 is 4.39 Å². The van der Waals surface area contributed by atoms with Gasteiger partial charge in [0.05, 0.1) is 23.9 Å². The quantitative estimate of drug-likeness (QED) is 0.573. The van der Waals surface area contributed by atoms with Crippen molar-refractivity contribution in [3.63, 3.8) is 0 Å². The molecular formula is C20H20FN7. The summed E-state index contributed by atoms with van der Waals surface area (Å²) in [5, 5.41) is 7.24. The summed E-state index contributed by atoms with van der Waals surface area (Å²) in [6, 6.07) is 6.52. The highest BCUT2D eigenvalue weighted by atomic mass is 19.1. The number of aromatic amines is 2. The Balaban J connectivity index is 1.52. The van der Waals surface area contributed by atoms with E-state index in [9.17, 15) is 4.39 Å². The Morgan fingerprint density at radius 1 is 1.29 bits per heavy atom. The van der Waals surface area contributed by atoms with Gasteiger partial charge in [0.2, 0.25) is 0 Å². The molecule has 4 heterocycles. The molecule has 142 valence electrons. The van der Waals surface area contributed by atoms with Crippen LogP contribution in [0.25, 0.3) is 11.3 Å². The summed E-state index contributed by atoms with van der Waals surface area (Å²) in [5.41, 5.74) is 4.81. The van der Waals surface area contributed by atoms with Gasteiger partial charge in [0.15, 0.2) is 0 Å². The van der Waals surface area contributed by atoms with E-state index in [1.54, 1.807) is 12.4 Å². The van der Waals surface area contributed by atoms with Gasteiger partial charge in [-0.3, -0.25) is 10.00 Å². The molecule has 0 spiro atoms. The first-order valence-corrected chi connectivity index (χ1v) is 9.22. The van der Waals surface area contributed by atoms with Crippen molar-refractivity contribution in [2.45, 2.75) is 19.0 Å². The number of nitrogens with zero attached hydrogens (tertiary/aromatic N) is 5. The van der Waals surface area contributed by atoms with Crippen LogP contribution in [-0.4, -0.2) is 41.2 Å². The highest BCUT2D eigenvalue weighted by molar-refractivity contribution is 5.62. The highest BCUT2D eigenvalue weighted by Gasteiger charge is 2.34. The molecule has 5 rings (SSSR count). The van der Waals surface area contributed by atoms with Crippen LogP contribution in [-0.2, 0) is 20.0 Å². The fourth-order valence-corrected chi connectivity index (χ4v) is 3.97. The Morgan fingerprint density at radius 2 is 2.21 bits per heavy atom. The molecule has 8 heteroatoms. The van der Waals surface area contributed by atoms with Gasteiger partial charge in [0.25, 0.3) is 0 Å². The minimum atomic E-state index is -0.261. The van der Waals surface area contributed by atoms with Gasteiger partial charge in [-0.15, -0.1) is 0 Å². The molecule has 0 amide bonds. The molecule has 28 heavy (non-hydrogen) atoms. The topological polar surface area (TPSA) is 78.4 Å². The summed E-state index contributed by atoms with van der Waals surface area (Å²) >= 11 is 0. The van der Waals surface area contributed by atoms with E-state index in [1.165, 1.54) is 12.1 Å². The van der Waals surface area contributed by atoms with E-state index in [0.717, 1.165) is 47.0 Å². The van der Waals surface area contributed by atoms with E-state index in [0.29, 0.717) is 6.54 Å². The number of imidazole rings is 2. The molecule has 0 saturated carbocycles. The van der Waals surface area contributed by atoms with Gasteiger partial charge < -0.3 is 9.55 Å². The van der Waals surface area contributed by atoms with Crippen molar-refractivity contribution >= 4 is 0 Å². The summed E-state index contributed by atoms with van der Waals surface area (Å²) in [6.45, 7) is 1.52. The van der Waals surface area contributed by atoms with E-state index in [-0.39, 0.29) is 11.9 Å². The van der Waals surface area contributed by atoms with Crippen molar-refractivity contribution in [2.24, 2.45) is 7.05 Å². The molecule has 7 nitrogen and oxygen atoms in total. The molecule has 1 aliphatic heterocycles. The molecule has 1 aromatic carbocycles. The second kappa shape index (κ2) is 6.72. The SMILES string of the molecule is Cn1ccnc1[C@H]1c2nc[nH]c2CCN1Cc1cn[nH]c1-c1cccc(F)c1. The average molecular weight is 377 g/mol. The van der Waals surface area contributed by atoms with Gasteiger partial charge in [-0.25, -0.2) is 14.4 Å². The minimum Gasteiger partial charge on any atom is -0.348 e. The van der Waals surface area contributed by atoms with Crippen LogP contribution < -0.4 is 0 Å². The molecule has 1 aliphatic rings. The third-order valence-electron chi connectivity index (χ3n) is 5.33. The Labute approximate surface area is 161 Å². The standard InChI is InChI=1S/C20H20FN7/c1-27-8-6-22-20(27)19-18-16(23-12-24-18)5-7-28(19)11-14-10-25-26-17(14)13-3-2-4-15(21)9-13/h2-4,6,8-10,12,19H,5,7,11H2,1H3,(H,23,24)(H,25,26)/t19-/m1/s1. The van der Waals surface area contributed by atoms with Crippen LogP contribution >= 0.6 is 0 Å². The Morgan fingerprint density at radius 3 is 3.04 bits per heavy atom. The first-order chi connectivity index (χ1) is 13.7. The van der Waals surface area contributed by atoms with Crippen LogP contribution in [0, 0.1) is 5.82 Å². The lowest BCUT2D eigenvalue weighted by atomic mass is 10.00. The van der Waals surface area contributed by atoms with E-state index in [1.807, 2.05) is 36.3 Å². The first-order valence-electron chi connectivity index (χ1n) is 9.22. The lowest BCUT2D eigenvalue weighted by Gasteiger charge is -2.34. The van der Waals surface area contributed by atoms with Gasteiger partial charge in [-0.1, -0.05) is 12.1 Å². The Hall–Kier alpha value is -3.26. The zero-order chi connectivity index (χ0) is 19.1. The number of H-pyrrole nitrogens is 2. The maximum atomic E-state index is 13.7. The fraction of sp³-hybridized carbons (Fsp3) is 0.250. The zero-order valence-corrected chi connectivity index (χ0v) is 15.4. The Bertz CT molecular complexity index is 1110. The van der Waals surface area contributed by atoms with Gasteiger partial charge in [-0.05, 0) is 12.1 Å². The number of hydrogen-bond donors (Lipinski definition) is 2. The lowest BCUT2D eigenvalue weighted by Crippen LogP contribution is -2.37. The van der Waals surface area contributed by atoms with Crippen molar-refractivity contribution in [1.82, 2.24) is 34.6 Å². The first kappa shape index (κ1) is 16.9. The number of rotatable bonds is 4. The molecular weight excluding hydrogens is 357 g/mol. The maximum Gasteiger partial charge on any atom is 0.132 e. The van der Waals surface area contributed by atoms with E-state index in [2.05, 4.69) is 30.0 Å². The van der Waals surface area contributed by atoms with Crippen molar-refractivity contribution in [1.29, 1.82) is 0 Å². The smallest absolute Gasteiger partial charge is 0.132 e. The normalized spacial score (nSPS) is 17.0. The summed E-state index contributed by atoms with van der Waals surface area (Å²) in [4.78, 5) is 14.8. The summed E-state index contributed by atoms with van der Waals surface area (Å²) in [7, 11) is 2.00. The molecule has 0 radical (unpaired) electrons. The third-order valence-corrected chi connectivity index (χ3v) is 5.33. The van der Waals surface area contributed by atoms with E-state index in [4.69, 9.17) is 0 Å². The van der Waals surface area contributed by atoms with E-state index >= 15 is 0 Å². The molecule has 0 unspecified atom stereocenters. The summed E-state index contributed by atoms with van der Waals surface area (Å²) in [6.07, 6.45) is 8.22. The largest absolute Gasteiger partial charge is 0.348 e. The van der Waals surface area contributed by atoms with Gasteiger partial charge in [0, 0.05) is 55.8 Å². The Kier molecular flexibility index (Phi) is 4.05. The number of halogens is 1. The van der Waals surface area contributed by atoms with Crippen LogP contribution in [0.3, 0.4) is 0 Å². The van der Waals surface area contributed by atoms with Crippen LogP contribution in [0.5, 0.6) is 0 Å². The second-order valence-electron chi connectivity index (χ2n) is 7.07. The maximum absolute atomic E-state index is 13.7. The van der Waals surface area contributed by atoms with Crippen LogP contribution in [0.2, 0.25) is 0 Å². The van der Waals surface area contributed by atoms with Crippen LogP contribution in [0.4, 0.5) is 4.39 Å². The molecule has 0 bridgehead atoms. The third kappa shape index (κ3) is 2.82. The van der Waals surface area contributed by atoms with Crippen molar-refractivity contribution in [3.05, 3.63) is 77.8 Å². The van der Waals surface area contributed by atoms with Crippen molar-refractivity contribution in [2.75, 3.05) is 6.54 Å². The van der Waals surface area contributed by atoms with Gasteiger partial charge >= 0.3 is 0 Å². The van der Waals surface area contributed by atoms with Gasteiger partial charge in [0.1, 0.15) is 17.7 Å². The predicted molar refractivity (Wildman–Crippen MR) is 102 cm³/mol. The highest BCUT2D eigenvalue weighted by Crippen LogP contribution is 2.34. The molecule has 2 N–H and O–H groups in total. The average Bonchev–Trinajstić information content (AvgIpc) is 3.42. The minimum absolute atomic E-state index is 0.0507. The second-order valence-corrected chi connectivity index (χ2v) is 7.07. The zero-order valence-electron chi connectivity index (χ0n) is 15.4. The number of benzene rings is 1. The van der Waals surface area contributed by atoms with Crippen LogP contribution in [0.15, 0.2) is 49.2 Å². The summed E-state index contributed by atoms with van der Waals surface area (Å²) < 4.78 is 15.7. The number of hydrogen-bond acceptors (Lipinski definition) is 4. The number of aryl methyl sites for hydroxylation is 1. The molecule has 0 saturated heterocycles. The number of aromatic nitrogens is 6. The predicted octanol–water partition coefficient (Wildman–Crippen LogP) is 2.82. The van der Waals surface area contributed by atoms with Gasteiger partial charge in [-0.2, -0.15) is 5.10 Å². The van der Waals surface area contributed by atoms with E-state index < -0.39 is 0 Å². The lowest BCUT2D eigenvalue weighted by molar-refractivity contribution is 0.191. The summed E-state index contributed by atoms with van der Waals surface area (Å²) in [5.74, 6) is 0.687. The molecule has 3 aromatic heterocycles. The van der Waals surface area contributed by atoms with Crippen molar-refractivity contribution in [3.8, 4) is 11.3 Å². The molecule has 4 aromatic rings. The molecule has 1 atom stereocenters. The molecule has 0 fully saturated rings. The molecule has 0 aliphatic carbocycles. The monoisotopic (exact) mass is 377 g/mol. The fourth-order valence-electron chi connectivity index (χ4n) is 3.97. The number of nitrogens with one attached hydrogen (secondary N) is 2. The number of fused-ring (bicyclic) bond motifs is 1. The van der Waals surface area contributed by atoms with Crippen LogP contribution in [0.1, 0.15) is 28.8 Å².